The third-order valence-corrected chi connectivity index (χ3v) is 2.30. The van der Waals surface area contributed by atoms with Gasteiger partial charge < -0.3 is 0 Å². The standard InChI is InChI=1S/C14H13/c1-3-7-13(8-4-1)11-12-14-9-5-2-6-10-14/h1-9H,11-12H2. The summed E-state index contributed by atoms with van der Waals surface area (Å²) in [5.41, 5.74) is 2.68. The van der Waals surface area contributed by atoms with Crippen molar-refractivity contribution in [2.75, 3.05) is 0 Å². The molecular formula is C14H13. The minimum Gasteiger partial charge on any atom is -0.0622 e. The SMILES string of the molecule is [c]1ccccc1CCc1ccccc1. The maximum atomic E-state index is 3.24. The van der Waals surface area contributed by atoms with Crippen LogP contribution in [0.5, 0.6) is 0 Å². The normalized spacial score (nSPS) is 10.0. The first kappa shape index (κ1) is 9.01. The number of hydrogen-bond acceptors (Lipinski definition) is 0. The molecule has 0 bridgehead atoms. The highest BCUT2D eigenvalue weighted by Gasteiger charge is 1.93. The second-order valence-electron chi connectivity index (χ2n) is 3.37. The molecule has 0 nitrogen and oxygen atoms in total. The van der Waals surface area contributed by atoms with Gasteiger partial charge in [-0.25, -0.2) is 0 Å². The van der Waals surface area contributed by atoms with Crippen molar-refractivity contribution >= 4 is 0 Å². The molecule has 0 spiro atoms. The Morgan fingerprint density at radius 1 is 0.786 bits per heavy atom. The molecule has 2 aromatic rings. The van der Waals surface area contributed by atoms with Gasteiger partial charge in [0.25, 0.3) is 0 Å². The van der Waals surface area contributed by atoms with Gasteiger partial charge in [-0.1, -0.05) is 54.6 Å². The van der Waals surface area contributed by atoms with Gasteiger partial charge in [0, 0.05) is 0 Å². The van der Waals surface area contributed by atoms with E-state index in [-0.39, 0.29) is 0 Å². The summed E-state index contributed by atoms with van der Waals surface area (Å²) >= 11 is 0. The second-order valence-corrected chi connectivity index (χ2v) is 3.37. The molecule has 69 valence electrons. The summed E-state index contributed by atoms with van der Waals surface area (Å²) < 4.78 is 0. The summed E-state index contributed by atoms with van der Waals surface area (Å²) in [6.07, 6.45) is 2.17. The molecule has 2 aromatic carbocycles. The molecule has 0 saturated heterocycles. The van der Waals surface area contributed by atoms with Crippen molar-refractivity contribution in [1.29, 1.82) is 0 Å². The Bertz CT molecular complexity index is 322. The van der Waals surface area contributed by atoms with Crippen LogP contribution in [0.25, 0.3) is 0 Å². The lowest BCUT2D eigenvalue weighted by molar-refractivity contribution is 0.958. The average molecular weight is 181 g/mol. The molecule has 0 aliphatic carbocycles. The monoisotopic (exact) mass is 181 g/mol. The van der Waals surface area contributed by atoms with Crippen LogP contribution in [0.3, 0.4) is 0 Å². The first-order valence-corrected chi connectivity index (χ1v) is 4.95. The van der Waals surface area contributed by atoms with E-state index in [0.29, 0.717) is 0 Å². The number of benzene rings is 2. The van der Waals surface area contributed by atoms with Crippen molar-refractivity contribution in [2.45, 2.75) is 12.8 Å². The fraction of sp³-hybridized carbons (Fsp3) is 0.143. The van der Waals surface area contributed by atoms with Crippen molar-refractivity contribution < 1.29 is 0 Å². The van der Waals surface area contributed by atoms with Crippen molar-refractivity contribution in [2.24, 2.45) is 0 Å². The van der Waals surface area contributed by atoms with Crippen LogP contribution in [0.2, 0.25) is 0 Å². The summed E-state index contributed by atoms with van der Waals surface area (Å²) in [6.45, 7) is 0. The van der Waals surface area contributed by atoms with Crippen molar-refractivity contribution in [3.8, 4) is 0 Å². The number of aryl methyl sites for hydroxylation is 2. The van der Waals surface area contributed by atoms with Crippen LogP contribution in [0, 0.1) is 6.07 Å². The molecule has 2 rings (SSSR count). The molecule has 0 atom stereocenters. The summed E-state index contributed by atoms with van der Waals surface area (Å²) in [4.78, 5) is 0. The summed E-state index contributed by atoms with van der Waals surface area (Å²) in [5.74, 6) is 0. The largest absolute Gasteiger partial charge is 0.0622 e. The molecule has 0 heterocycles. The fourth-order valence-corrected chi connectivity index (χ4v) is 1.51. The Kier molecular flexibility index (Phi) is 2.97. The second kappa shape index (κ2) is 4.61. The summed E-state index contributed by atoms with van der Waals surface area (Å²) in [6, 6.07) is 22.0. The van der Waals surface area contributed by atoms with Gasteiger partial charge in [0.15, 0.2) is 0 Å². The zero-order chi connectivity index (χ0) is 9.64. The fourth-order valence-electron chi connectivity index (χ4n) is 1.51. The molecule has 0 aromatic heterocycles. The van der Waals surface area contributed by atoms with Gasteiger partial charge in [-0.3, -0.25) is 0 Å². The van der Waals surface area contributed by atoms with Gasteiger partial charge in [-0.15, -0.1) is 0 Å². The van der Waals surface area contributed by atoms with E-state index in [1.165, 1.54) is 11.1 Å². The Hall–Kier alpha value is -1.56. The third kappa shape index (κ3) is 2.46. The van der Waals surface area contributed by atoms with E-state index < -0.39 is 0 Å². The lowest BCUT2D eigenvalue weighted by Gasteiger charge is -2.00. The molecule has 0 unspecified atom stereocenters. The molecule has 0 amide bonds. The van der Waals surface area contributed by atoms with Gasteiger partial charge in [0.05, 0.1) is 0 Å². The van der Waals surface area contributed by atoms with Gasteiger partial charge >= 0.3 is 0 Å². The van der Waals surface area contributed by atoms with Crippen LogP contribution in [0.15, 0.2) is 54.6 Å². The topological polar surface area (TPSA) is 0 Å². The van der Waals surface area contributed by atoms with Crippen molar-refractivity contribution in [3.05, 3.63) is 71.8 Å². The predicted molar refractivity (Wildman–Crippen MR) is 59.1 cm³/mol. The Morgan fingerprint density at radius 2 is 1.57 bits per heavy atom. The minimum atomic E-state index is 1.07. The molecule has 14 heavy (non-hydrogen) atoms. The van der Waals surface area contributed by atoms with Crippen molar-refractivity contribution in [1.82, 2.24) is 0 Å². The average Bonchev–Trinajstić information content (AvgIpc) is 2.29. The first-order valence-electron chi connectivity index (χ1n) is 4.95. The molecule has 0 aliphatic heterocycles. The highest BCUT2D eigenvalue weighted by atomic mass is 14.0. The van der Waals surface area contributed by atoms with E-state index in [4.69, 9.17) is 0 Å². The predicted octanol–water partition coefficient (Wildman–Crippen LogP) is 3.27. The summed E-state index contributed by atoms with van der Waals surface area (Å²) in [7, 11) is 0. The minimum absolute atomic E-state index is 1.07. The molecule has 0 heteroatoms. The van der Waals surface area contributed by atoms with Gasteiger partial charge in [0.2, 0.25) is 0 Å². The first-order chi connectivity index (χ1) is 6.95. The van der Waals surface area contributed by atoms with E-state index in [1.807, 2.05) is 12.1 Å². The van der Waals surface area contributed by atoms with Gasteiger partial charge in [-0.2, -0.15) is 0 Å². The van der Waals surface area contributed by atoms with Crippen LogP contribution in [0.4, 0.5) is 0 Å². The van der Waals surface area contributed by atoms with Crippen LogP contribution < -0.4 is 0 Å². The van der Waals surface area contributed by atoms with Crippen molar-refractivity contribution in [3.63, 3.8) is 0 Å². The Balaban J connectivity index is 1.96. The van der Waals surface area contributed by atoms with Crippen LogP contribution in [0.1, 0.15) is 11.1 Å². The zero-order valence-electron chi connectivity index (χ0n) is 8.11. The van der Waals surface area contributed by atoms with Gasteiger partial charge in [-0.05, 0) is 30.0 Å². The third-order valence-electron chi connectivity index (χ3n) is 2.30. The molecule has 1 radical (unpaired) electrons. The van der Waals surface area contributed by atoms with Crippen LogP contribution in [-0.4, -0.2) is 0 Å². The molecule has 0 N–H and O–H groups in total. The lowest BCUT2D eigenvalue weighted by atomic mass is 10.0. The number of rotatable bonds is 3. The summed E-state index contributed by atoms with van der Waals surface area (Å²) in [5, 5.41) is 0. The smallest absolute Gasteiger partial charge is 0.0149 e. The van der Waals surface area contributed by atoms with E-state index in [9.17, 15) is 0 Å². The molecule has 0 aliphatic rings. The van der Waals surface area contributed by atoms with Gasteiger partial charge in [0.1, 0.15) is 0 Å². The van der Waals surface area contributed by atoms with E-state index in [0.717, 1.165) is 12.8 Å². The van der Waals surface area contributed by atoms with E-state index in [1.54, 1.807) is 0 Å². The maximum absolute atomic E-state index is 3.24. The highest BCUT2D eigenvalue weighted by molar-refractivity contribution is 5.19. The lowest BCUT2D eigenvalue weighted by Crippen LogP contribution is -1.90. The van der Waals surface area contributed by atoms with E-state index >= 15 is 0 Å². The van der Waals surface area contributed by atoms with Crippen LogP contribution in [-0.2, 0) is 12.8 Å². The number of hydrogen-bond donors (Lipinski definition) is 0. The Morgan fingerprint density at radius 3 is 2.29 bits per heavy atom. The maximum Gasteiger partial charge on any atom is -0.0149 e. The zero-order valence-corrected chi connectivity index (χ0v) is 8.11. The molecule has 0 saturated carbocycles. The highest BCUT2D eigenvalue weighted by Crippen LogP contribution is 2.05. The van der Waals surface area contributed by atoms with E-state index in [2.05, 4.69) is 48.5 Å². The molecular weight excluding hydrogens is 168 g/mol. The Labute approximate surface area is 85.2 Å². The quantitative estimate of drug-likeness (QED) is 0.681. The molecule has 0 fully saturated rings. The van der Waals surface area contributed by atoms with Crippen LogP contribution >= 0.6 is 0 Å².